The third kappa shape index (κ3) is 4.54. The monoisotopic (exact) mass is 306 g/mol. The molecule has 0 aromatic heterocycles. The van der Waals surface area contributed by atoms with E-state index in [2.05, 4.69) is 11.8 Å². The Morgan fingerprint density at radius 2 is 2.05 bits per heavy atom. The molecule has 3 nitrogen and oxygen atoms in total. The molecular weight excluding hydrogens is 280 g/mol. The molecule has 0 bridgehead atoms. The molecule has 2 rings (SSSR count). The molecule has 1 unspecified atom stereocenters. The van der Waals surface area contributed by atoms with Crippen molar-refractivity contribution in [1.29, 1.82) is 0 Å². The molecule has 2 fully saturated rings. The normalized spacial score (nSPS) is 26.6. The van der Waals surface area contributed by atoms with Crippen molar-refractivity contribution in [3.63, 3.8) is 0 Å². The van der Waals surface area contributed by atoms with E-state index in [9.17, 15) is 4.79 Å². The molecule has 1 aliphatic carbocycles. The van der Waals surface area contributed by atoms with Crippen molar-refractivity contribution in [2.75, 3.05) is 25.4 Å². The van der Waals surface area contributed by atoms with Gasteiger partial charge in [-0.15, -0.1) is 12.4 Å². The second-order valence-corrected chi connectivity index (χ2v) is 7.51. The zero-order valence-electron chi connectivity index (χ0n) is 11.9. The lowest BCUT2D eigenvalue weighted by Crippen LogP contribution is -2.45. The first-order valence-electron chi connectivity index (χ1n) is 7.25. The fraction of sp³-hybridized carbons (Fsp3) is 0.929. The molecule has 112 valence electrons. The zero-order chi connectivity index (χ0) is 13.0. The second-order valence-electron chi connectivity index (χ2n) is 5.96. The van der Waals surface area contributed by atoms with Crippen molar-refractivity contribution < 1.29 is 4.79 Å². The summed E-state index contributed by atoms with van der Waals surface area (Å²) in [6.07, 6.45) is 6.78. The second kappa shape index (κ2) is 7.75. The highest BCUT2D eigenvalue weighted by Crippen LogP contribution is 2.39. The van der Waals surface area contributed by atoms with Crippen molar-refractivity contribution in [1.82, 2.24) is 4.90 Å². The summed E-state index contributed by atoms with van der Waals surface area (Å²) in [6, 6.07) is 0. The van der Waals surface area contributed by atoms with Gasteiger partial charge in [-0.2, -0.15) is 11.8 Å². The summed E-state index contributed by atoms with van der Waals surface area (Å²) in [7, 11) is 0. The van der Waals surface area contributed by atoms with Gasteiger partial charge in [-0.3, -0.25) is 4.79 Å². The Bertz CT molecular complexity index is 295. The summed E-state index contributed by atoms with van der Waals surface area (Å²) in [6.45, 7) is 4.74. The van der Waals surface area contributed by atoms with Crippen LogP contribution in [0, 0.1) is 5.41 Å². The molecule has 1 amide bonds. The van der Waals surface area contributed by atoms with E-state index in [0.29, 0.717) is 24.1 Å². The number of nitrogens with two attached hydrogens (primary N) is 1. The fourth-order valence-electron chi connectivity index (χ4n) is 3.23. The summed E-state index contributed by atoms with van der Waals surface area (Å²) in [5.74, 6) is 1.43. The quantitative estimate of drug-likeness (QED) is 0.872. The van der Waals surface area contributed by atoms with Crippen LogP contribution in [0.1, 0.15) is 45.4 Å². The van der Waals surface area contributed by atoms with Gasteiger partial charge >= 0.3 is 0 Å². The van der Waals surface area contributed by atoms with Gasteiger partial charge in [0.15, 0.2) is 0 Å². The van der Waals surface area contributed by atoms with Crippen LogP contribution in [0.15, 0.2) is 0 Å². The molecule has 0 spiro atoms. The lowest BCUT2D eigenvalue weighted by atomic mass is 9.71. The average Bonchev–Trinajstić information content (AvgIpc) is 2.40. The van der Waals surface area contributed by atoms with Gasteiger partial charge in [0.1, 0.15) is 0 Å². The van der Waals surface area contributed by atoms with Crippen molar-refractivity contribution in [3.8, 4) is 0 Å². The Labute approximate surface area is 127 Å². The maximum absolute atomic E-state index is 12.4. The van der Waals surface area contributed by atoms with E-state index in [1.807, 2.05) is 11.8 Å². The molecule has 19 heavy (non-hydrogen) atoms. The van der Waals surface area contributed by atoms with E-state index in [0.717, 1.165) is 31.7 Å². The first-order valence-corrected chi connectivity index (χ1v) is 8.29. The third-order valence-electron chi connectivity index (χ3n) is 4.47. The average molecular weight is 307 g/mol. The first kappa shape index (κ1) is 17.1. The largest absolute Gasteiger partial charge is 0.341 e. The Balaban J connectivity index is 0.00000180. The first-order chi connectivity index (χ1) is 8.65. The lowest BCUT2D eigenvalue weighted by Gasteiger charge is -2.38. The molecule has 1 saturated heterocycles. The van der Waals surface area contributed by atoms with Gasteiger partial charge in [-0.1, -0.05) is 26.2 Å². The fourth-order valence-corrected chi connectivity index (χ4v) is 4.25. The Kier molecular flexibility index (Phi) is 6.98. The van der Waals surface area contributed by atoms with Gasteiger partial charge in [0.2, 0.25) is 5.91 Å². The number of amides is 1. The van der Waals surface area contributed by atoms with Crippen molar-refractivity contribution in [3.05, 3.63) is 0 Å². The third-order valence-corrected chi connectivity index (χ3v) is 5.60. The molecule has 0 radical (unpaired) electrons. The predicted molar refractivity (Wildman–Crippen MR) is 84.9 cm³/mol. The molecule has 0 aromatic rings. The lowest BCUT2D eigenvalue weighted by molar-refractivity contribution is -0.134. The van der Waals surface area contributed by atoms with Crippen LogP contribution in [-0.4, -0.2) is 41.4 Å². The van der Waals surface area contributed by atoms with Crippen molar-refractivity contribution in [2.24, 2.45) is 11.1 Å². The van der Waals surface area contributed by atoms with Gasteiger partial charge in [-0.05, 0) is 24.8 Å². The summed E-state index contributed by atoms with van der Waals surface area (Å²) in [5.41, 5.74) is 6.08. The van der Waals surface area contributed by atoms with E-state index >= 15 is 0 Å². The van der Waals surface area contributed by atoms with Crippen molar-refractivity contribution >= 4 is 30.1 Å². The summed E-state index contributed by atoms with van der Waals surface area (Å²) in [5, 5.41) is 0.586. The highest BCUT2D eigenvalue weighted by molar-refractivity contribution is 7.99. The molecule has 1 atom stereocenters. The number of thioether (sulfide) groups is 1. The molecule has 2 N–H and O–H groups in total. The number of halogens is 1. The van der Waals surface area contributed by atoms with E-state index in [4.69, 9.17) is 5.73 Å². The smallest absolute Gasteiger partial charge is 0.223 e. The van der Waals surface area contributed by atoms with Gasteiger partial charge in [0.25, 0.3) is 0 Å². The number of hydrogen-bond acceptors (Lipinski definition) is 3. The Morgan fingerprint density at radius 3 is 2.63 bits per heavy atom. The van der Waals surface area contributed by atoms with Crippen LogP contribution in [0.4, 0.5) is 0 Å². The number of rotatable bonds is 3. The van der Waals surface area contributed by atoms with Gasteiger partial charge in [0.05, 0.1) is 0 Å². The number of nitrogens with zero attached hydrogens (tertiary/aromatic N) is 1. The molecule has 0 aromatic carbocycles. The van der Waals surface area contributed by atoms with Crippen LogP contribution >= 0.6 is 24.2 Å². The van der Waals surface area contributed by atoms with E-state index in [-0.39, 0.29) is 17.8 Å². The standard InChI is InChI=1S/C14H26N2OS.ClH/c1-12-10-16(7-8-18-12)13(17)9-14(11-15)5-3-2-4-6-14;/h12H,2-11,15H2,1H3;1H. The highest BCUT2D eigenvalue weighted by atomic mass is 35.5. The van der Waals surface area contributed by atoms with E-state index < -0.39 is 0 Å². The number of carbonyl (C=O) groups excluding carboxylic acids is 1. The maximum atomic E-state index is 12.4. The molecular formula is C14H27ClN2OS. The zero-order valence-corrected chi connectivity index (χ0v) is 13.5. The Hall–Kier alpha value is 0.0700. The summed E-state index contributed by atoms with van der Waals surface area (Å²) >= 11 is 1.97. The minimum Gasteiger partial charge on any atom is -0.341 e. The van der Waals surface area contributed by atoms with Crippen molar-refractivity contribution in [2.45, 2.75) is 50.7 Å². The summed E-state index contributed by atoms with van der Waals surface area (Å²) in [4.78, 5) is 14.5. The summed E-state index contributed by atoms with van der Waals surface area (Å²) < 4.78 is 0. The molecule has 1 saturated carbocycles. The molecule has 1 heterocycles. The van der Waals surface area contributed by atoms with Crippen LogP contribution in [-0.2, 0) is 4.79 Å². The van der Waals surface area contributed by atoms with Crippen LogP contribution in [0.3, 0.4) is 0 Å². The highest BCUT2D eigenvalue weighted by Gasteiger charge is 2.35. The number of hydrogen-bond donors (Lipinski definition) is 1. The van der Waals surface area contributed by atoms with Gasteiger partial charge < -0.3 is 10.6 Å². The van der Waals surface area contributed by atoms with Crippen LogP contribution < -0.4 is 5.73 Å². The minimum atomic E-state index is 0. The van der Waals surface area contributed by atoms with Crippen LogP contribution in [0.25, 0.3) is 0 Å². The predicted octanol–water partition coefficient (Wildman–Crippen LogP) is 2.67. The maximum Gasteiger partial charge on any atom is 0.223 e. The van der Waals surface area contributed by atoms with Crippen LogP contribution in [0.5, 0.6) is 0 Å². The van der Waals surface area contributed by atoms with Gasteiger partial charge in [0, 0.05) is 30.5 Å². The molecule has 2 aliphatic rings. The topological polar surface area (TPSA) is 46.3 Å². The van der Waals surface area contributed by atoms with E-state index in [1.54, 1.807) is 0 Å². The Morgan fingerprint density at radius 1 is 1.37 bits per heavy atom. The molecule has 5 heteroatoms. The van der Waals surface area contributed by atoms with Gasteiger partial charge in [-0.25, -0.2) is 0 Å². The SMILES string of the molecule is CC1CN(C(=O)CC2(CN)CCCCC2)CCS1.Cl. The number of carbonyl (C=O) groups is 1. The van der Waals surface area contributed by atoms with Crippen LogP contribution in [0.2, 0.25) is 0 Å². The van der Waals surface area contributed by atoms with E-state index in [1.165, 1.54) is 19.3 Å². The minimum absolute atomic E-state index is 0. The molecule has 1 aliphatic heterocycles.